The smallest absolute Gasteiger partial charge is 0.196 e. The molecule has 0 spiro atoms. The van der Waals surface area contributed by atoms with Gasteiger partial charge in [-0.3, -0.25) is 0 Å². The van der Waals surface area contributed by atoms with E-state index in [1.165, 1.54) is 0 Å². The summed E-state index contributed by atoms with van der Waals surface area (Å²) in [5.74, 6) is 2.03. The van der Waals surface area contributed by atoms with Crippen molar-refractivity contribution >= 4 is 5.82 Å². The molecule has 17 heavy (non-hydrogen) atoms. The van der Waals surface area contributed by atoms with E-state index < -0.39 is 0 Å². The Bertz CT molecular complexity index is 424. The molecule has 1 unspecified atom stereocenters. The zero-order valence-electron chi connectivity index (χ0n) is 9.96. The van der Waals surface area contributed by atoms with E-state index >= 15 is 0 Å². The maximum Gasteiger partial charge on any atom is 0.196 e. The van der Waals surface area contributed by atoms with Gasteiger partial charge in [0.15, 0.2) is 5.82 Å². The lowest BCUT2D eigenvalue weighted by molar-refractivity contribution is 0.514. The fourth-order valence-corrected chi connectivity index (χ4v) is 1.64. The summed E-state index contributed by atoms with van der Waals surface area (Å²) in [4.78, 5) is 4.24. The van der Waals surface area contributed by atoms with Gasteiger partial charge in [0.05, 0.1) is 6.04 Å². The van der Waals surface area contributed by atoms with Crippen molar-refractivity contribution in [3.05, 3.63) is 30.2 Å². The molecule has 0 saturated carbocycles. The van der Waals surface area contributed by atoms with Gasteiger partial charge in [0.25, 0.3) is 0 Å². The molecule has 1 atom stereocenters. The number of tetrazole rings is 1. The first-order valence-electron chi connectivity index (χ1n) is 5.66. The van der Waals surface area contributed by atoms with E-state index in [4.69, 9.17) is 0 Å². The SMILES string of the molecule is CC(C)CC(Nc1ccccn1)c1nn[nH]n1. The fraction of sp³-hybridized carbons (Fsp3) is 0.455. The van der Waals surface area contributed by atoms with E-state index in [0.29, 0.717) is 11.7 Å². The van der Waals surface area contributed by atoms with Crippen molar-refractivity contribution in [2.45, 2.75) is 26.3 Å². The molecule has 0 radical (unpaired) electrons. The van der Waals surface area contributed by atoms with E-state index in [1.807, 2.05) is 18.2 Å². The Morgan fingerprint density at radius 1 is 1.35 bits per heavy atom. The van der Waals surface area contributed by atoms with Crippen LogP contribution in [0.3, 0.4) is 0 Å². The molecule has 0 aliphatic carbocycles. The van der Waals surface area contributed by atoms with Gasteiger partial charge in [-0.25, -0.2) is 4.98 Å². The predicted molar refractivity (Wildman–Crippen MR) is 64.2 cm³/mol. The van der Waals surface area contributed by atoms with Crippen LogP contribution >= 0.6 is 0 Å². The summed E-state index contributed by atoms with van der Waals surface area (Å²) in [6, 6.07) is 5.78. The van der Waals surface area contributed by atoms with Crippen LogP contribution in [0.15, 0.2) is 24.4 Å². The summed E-state index contributed by atoms with van der Waals surface area (Å²) in [7, 11) is 0. The Morgan fingerprint density at radius 3 is 2.82 bits per heavy atom. The third kappa shape index (κ3) is 3.24. The molecule has 6 nitrogen and oxygen atoms in total. The van der Waals surface area contributed by atoms with Crippen LogP contribution in [0.1, 0.15) is 32.1 Å². The molecule has 0 fully saturated rings. The average Bonchev–Trinajstić information content (AvgIpc) is 2.82. The normalized spacial score (nSPS) is 12.6. The summed E-state index contributed by atoms with van der Waals surface area (Å²) in [6.07, 6.45) is 2.68. The lowest BCUT2D eigenvalue weighted by Gasteiger charge is -2.17. The Hall–Kier alpha value is -1.98. The summed E-state index contributed by atoms with van der Waals surface area (Å²) in [5.41, 5.74) is 0. The second-order valence-electron chi connectivity index (χ2n) is 4.31. The van der Waals surface area contributed by atoms with Crippen molar-refractivity contribution < 1.29 is 0 Å². The second-order valence-corrected chi connectivity index (χ2v) is 4.31. The van der Waals surface area contributed by atoms with Gasteiger partial charge in [0.1, 0.15) is 5.82 Å². The number of hydrogen-bond donors (Lipinski definition) is 2. The van der Waals surface area contributed by atoms with E-state index in [2.05, 4.69) is 44.8 Å². The number of pyridine rings is 1. The summed E-state index contributed by atoms with van der Waals surface area (Å²) >= 11 is 0. The van der Waals surface area contributed by atoms with Crippen LogP contribution in [0, 0.1) is 5.92 Å². The van der Waals surface area contributed by atoms with Crippen LogP contribution in [0.5, 0.6) is 0 Å². The molecule has 2 aromatic heterocycles. The van der Waals surface area contributed by atoms with Gasteiger partial charge in [-0.05, 0) is 24.5 Å². The Morgan fingerprint density at radius 2 is 2.24 bits per heavy atom. The molecule has 0 aromatic carbocycles. The monoisotopic (exact) mass is 232 g/mol. The Labute approximate surface area is 99.9 Å². The third-order valence-corrected chi connectivity index (χ3v) is 2.37. The minimum atomic E-state index is 0.0312. The molecule has 90 valence electrons. The van der Waals surface area contributed by atoms with Gasteiger partial charge in [-0.15, -0.1) is 10.2 Å². The van der Waals surface area contributed by atoms with E-state index in [1.54, 1.807) is 6.20 Å². The highest BCUT2D eigenvalue weighted by Gasteiger charge is 2.17. The van der Waals surface area contributed by atoms with Gasteiger partial charge in [0.2, 0.25) is 0 Å². The van der Waals surface area contributed by atoms with Gasteiger partial charge in [-0.2, -0.15) is 5.21 Å². The Balaban J connectivity index is 2.11. The van der Waals surface area contributed by atoms with Crippen molar-refractivity contribution in [3.8, 4) is 0 Å². The van der Waals surface area contributed by atoms with Crippen molar-refractivity contribution in [1.29, 1.82) is 0 Å². The number of aromatic amines is 1. The molecule has 0 aliphatic heterocycles. The van der Waals surface area contributed by atoms with Gasteiger partial charge >= 0.3 is 0 Å². The van der Waals surface area contributed by atoms with Gasteiger partial charge in [-0.1, -0.05) is 25.1 Å². The molecule has 2 aromatic rings. The number of hydrogen-bond acceptors (Lipinski definition) is 5. The first-order chi connectivity index (χ1) is 8.25. The quantitative estimate of drug-likeness (QED) is 0.821. The first kappa shape index (κ1) is 11.5. The van der Waals surface area contributed by atoms with Crippen LogP contribution < -0.4 is 5.32 Å². The van der Waals surface area contributed by atoms with Gasteiger partial charge in [0, 0.05) is 6.20 Å². The zero-order chi connectivity index (χ0) is 12.1. The maximum atomic E-state index is 4.24. The van der Waals surface area contributed by atoms with E-state index in [0.717, 1.165) is 12.2 Å². The van der Waals surface area contributed by atoms with Gasteiger partial charge < -0.3 is 5.32 Å². The highest BCUT2D eigenvalue weighted by molar-refractivity contribution is 5.35. The lowest BCUT2D eigenvalue weighted by atomic mass is 10.0. The van der Waals surface area contributed by atoms with Crippen LogP contribution in [0.2, 0.25) is 0 Å². The zero-order valence-corrected chi connectivity index (χ0v) is 9.96. The van der Waals surface area contributed by atoms with E-state index in [-0.39, 0.29) is 6.04 Å². The molecular weight excluding hydrogens is 216 g/mol. The van der Waals surface area contributed by atoms with Crippen LogP contribution in [-0.2, 0) is 0 Å². The Kier molecular flexibility index (Phi) is 3.64. The molecule has 2 N–H and O–H groups in total. The summed E-state index contributed by atoms with van der Waals surface area (Å²) in [6.45, 7) is 4.32. The number of H-pyrrole nitrogens is 1. The van der Waals surface area contributed by atoms with Crippen molar-refractivity contribution in [1.82, 2.24) is 25.6 Å². The highest BCUT2D eigenvalue weighted by Crippen LogP contribution is 2.21. The van der Waals surface area contributed by atoms with Crippen molar-refractivity contribution in [2.24, 2.45) is 5.92 Å². The molecular formula is C11H16N6. The summed E-state index contributed by atoms with van der Waals surface area (Å²) in [5, 5.41) is 17.4. The molecule has 0 amide bonds. The highest BCUT2D eigenvalue weighted by atomic mass is 15.5. The van der Waals surface area contributed by atoms with E-state index in [9.17, 15) is 0 Å². The molecule has 2 rings (SSSR count). The summed E-state index contributed by atoms with van der Waals surface area (Å²) < 4.78 is 0. The molecule has 0 saturated heterocycles. The third-order valence-electron chi connectivity index (χ3n) is 2.37. The maximum absolute atomic E-state index is 4.24. The van der Waals surface area contributed by atoms with Crippen molar-refractivity contribution in [2.75, 3.05) is 5.32 Å². The molecule has 2 heterocycles. The number of rotatable bonds is 5. The topological polar surface area (TPSA) is 79.4 Å². The number of aromatic nitrogens is 5. The number of nitrogens with one attached hydrogen (secondary N) is 2. The lowest BCUT2D eigenvalue weighted by Crippen LogP contribution is -2.15. The number of nitrogens with zero attached hydrogens (tertiary/aromatic N) is 4. The van der Waals surface area contributed by atoms with Crippen molar-refractivity contribution in [3.63, 3.8) is 0 Å². The molecule has 6 heteroatoms. The van der Waals surface area contributed by atoms with Crippen LogP contribution in [0.25, 0.3) is 0 Å². The minimum Gasteiger partial charge on any atom is -0.360 e. The predicted octanol–water partition coefficient (Wildman–Crippen LogP) is 1.79. The first-order valence-corrected chi connectivity index (χ1v) is 5.66. The standard InChI is InChI=1S/C11H16N6/c1-8(2)7-9(11-14-16-17-15-11)13-10-5-3-4-6-12-10/h3-6,8-9H,7H2,1-2H3,(H,12,13)(H,14,15,16,17). The average molecular weight is 232 g/mol. The fourth-order valence-electron chi connectivity index (χ4n) is 1.64. The number of anilines is 1. The van der Waals surface area contributed by atoms with Crippen LogP contribution in [0.4, 0.5) is 5.82 Å². The largest absolute Gasteiger partial charge is 0.360 e. The molecule has 0 bridgehead atoms. The molecule has 0 aliphatic rings. The minimum absolute atomic E-state index is 0.0312. The van der Waals surface area contributed by atoms with Crippen LogP contribution in [-0.4, -0.2) is 25.6 Å². The second kappa shape index (κ2) is 5.38.